The number of sulfone groups is 1. The van der Waals surface area contributed by atoms with Crippen molar-refractivity contribution in [2.75, 3.05) is 5.75 Å². The minimum absolute atomic E-state index is 0.128. The highest BCUT2D eigenvalue weighted by Gasteiger charge is 2.27. The zero-order valence-electron chi connectivity index (χ0n) is 12.6. The average molecular weight is 348 g/mol. The normalized spacial score (nSPS) is 19.3. The maximum absolute atomic E-state index is 11.8. The summed E-state index contributed by atoms with van der Waals surface area (Å²) in [6.45, 7) is 1.29. The molecule has 0 N–H and O–H groups in total. The molecule has 5 heteroatoms. The standard InChI is InChI=1S/C18H18ClNO2S/c19-18-9-5-4-8-16(18)13-20(12-15-6-2-1-3-7-15)17-10-11-23(21,22)14-17/h1-11,17H,12-14H2/t17-/m1/s1. The molecule has 0 aromatic heterocycles. The Morgan fingerprint density at radius 3 is 2.35 bits per heavy atom. The van der Waals surface area contributed by atoms with Crippen LogP contribution in [0.3, 0.4) is 0 Å². The number of benzene rings is 2. The highest BCUT2D eigenvalue weighted by Crippen LogP contribution is 2.23. The second-order valence-electron chi connectivity index (χ2n) is 5.71. The second kappa shape index (κ2) is 6.87. The van der Waals surface area contributed by atoms with Crippen LogP contribution in [0.15, 0.2) is 66.1 Å². The van der Waals surface area contributed by atoms with Crippen molar-refractivity contribution >= 4 is 21.4 Å². The molecule has 2 aromatic rings. The van der Waals surface area contributed by atoms with Crippen LogP contribution < -0.4 is 0 Å². The quantitative estimate of drug-likeness (QED) is 0.828. The van der Waals surface area contributed by atoms with Gasteiger partial charge in [0.2, 0.25) is 0 Å². The maximum atomic E-state index is 11.8. The lowest BCUT2D eigenvalue weighted by Crippen LogP contribution is -2.35. The molecule has 0 bridgehead atoms. The second-order valence-corrected chi connectivity index (χ2v) is 8.05. The van der Waals surface area contributed by atoms with Crippen LogP contribution in [0, 0.1) is 0 Å². The van der Waals surface area contributed by atoms with Crippen molar-refractivity contribution in [1.82, 2.24) is 4.90 Å². The SMILES string of the molecule is O=S1(=O)C=C[C@@H](N(Cc2ccccc2)Cc2ccccc2Cl)C1. The Morgan fingerprint density at radius 1 is 1.00 bits per heavy atom. The van der Waals surface area contributed by atoms with Crippen molar-refractivity contribution < 1.29 is 8.42 Å². The Balaban J connectivity index is 1.85. The van der Waals surface area contributed by atoms with Gasteiger partial charge in [-0.15, -0.1) is 0 Å². The largest absolute Gasteiger partial charge is 0.287 e. The van der Waals surface area contributed by atoms with E-state index in [1.54, 1.807) is 6.08 Å². The summed E-state index contributed by atoms with van der Waals surface area (Å²) in [7, 11) is -3.09. The molecule has 1 aliphatic rings. The van der Waals surface area contributed by atoms with E-state index in [1.165, 1.54) is 5.41 Å². The highest BCUT2D eigenvalue weighted by molar-refractivity contribution is 7.94. The highest BCUT2D eigenvalue weighted by atomic mass is 35.5. The topological polar surface area (TPSA) is 37.4 Å². The van der Waals surface area contributed by atoms with E-state index in [9.17, 15) is 8.42 Å². The minimum Gasteiger partial charge on any atom is -0.287 e. The zero-order chi connectivity index (χ0) is 16.3. The van der Waals surface area contributed by atoms with E-state index in [0.29, 0.717) is 18.1 Å². The molecule has 0 fully saturated rings. The molecule has 0 aliphatic carbocycles. The lowest BCUT2D eigenvalue weighted by atomic mass is 10.1. The van der Waals surface area contributed by atoms with Gasteiger partial charge < -0.3 is 0 Å². The predicted molar refractivity (Wildman–Crippen MR) is 93.9 cm³/mol. The molecule has 3 rings (SSSR count). The number of hydrogen-bond acceptors (Lipinski definition) is 3. The van der Waals surface area contributed by atoms with Gasteiger partial charge in [0.15, 0.2) is 9.84 Å². The molecule has 1 atom stereocenters. The molecule has 2 aromatic carbocycles. The fraction of sp³-hybridized carbons (Fsp3) is 0.222. The van der Waals surface area contributed by atoms with Gasteiger partial charge in [0.25, 0.3) is 0 Å². The summed E-state index contributed by atoms with van der Waals surface area (Å²) in [5.74, 6) is 0.129. The van der Waals surface area contributed by atoms with Gasteiger partial charge in [-0.2, -0.15) is 0 Å². The fourth-order valence-corrected chi connectivity index (χ4v) is 4.27. The predicted octanol–water partition coefficient (Wildman–Crippen LogP) is 3.65. The third kappa shape index (κ3) is 4.22. The molecule has 0 spiro atoms. The Kier molecular flexibility index (Phi) is 4.85. The number of hydrogen-bond donors (Lipinski definition) is 0. The van der Waals surface area contributed by atoms with E-state index < -0.39 is 9.84 Å². The maximum Gasteiger partial charge on any atom is 0.173 e. The van der Waals surface area contributed by atoms with Crippen molar-refractivity contribution in [3.63, 3.8) is 0 Å². The molecule has 120 valence electrons. The van der Waals surface area contributed by atoms with Gasteiger partial charge in [-0.3, -0.25) is 4.90 Å². The van der Waals surface area contributed by atoms with Crippen LogP contribution in [-0.4, -0.2) is 25.1 Å². The van der Waals surface area contributed by atoms with Crippen LogP contribution >= 0.6 is 11.6 Å². The molecule has 0 saturated carbocycles. The van der Waals surface area contributed by atoms with Crippen LogP contribution in [0.5, 0.6) is 0 Å². The number of nitrogens with zero attached hydrogens (tertiary/aromatic N) is 1. The average Bonchev–Trinajstić information content (AvgIpc) is 2.90. The van der Waals surface area contributed by atoms with Crippen molar-refractivity contribution in [2.45, 2.75) is 19.1 Å². The molecule has 3 nitrogen and oxygen atoms in total. The van der Waals surface area contributed by atoms with Gasteiger partial charge in [-0.1, -0.05) is 66.2 Å². The lowest BCUT2D eigenvalue weighted by Gasteiger charge is -2.28. The molecule has 0 unspecified atom stereocenters. The molecular weight excluding hydrogens is 330 g/mol. The number of rotatable bonds is 5. The molecule has 0 amide bonds. The molecule has 0 saturated heterocycles. The first-order chi connectivity index (χ1) is 11.0. The van der Waals surface area contributed by atoms with E-state index in [-0.39, 0.29) is 11.8 Å². The van der Waals surface area contributed by atoms with Gasteiger partial charge in [0.05, 0.1) is 5.75 Å². The van der Waals surface area contributed by atoms with Crippen molar-refractivity contribution in [3.05, 3.63) is 82.2 Å². The van der Waals surface area contributed by atoms with E-state index >= 15 is 0 Å². The van der Waals surface area contributed by atoms with Crippen molar-refractivity contribution in [1.29, 1.82) is 0 Å². The monoisotopic (exact) mass is 347 g/mol. The summed E-state index contributed by atoms with van der Waals surface area (Å²) in [5.41, 5.74) is 2.15. The van der Waals surface area contributed by atoms with Crippen molar-refractivity contribution in [2.24, 2.45) is 0 Å². The summed E-state index contributed by atoms with van der Waals surface area (Å²) in [6, 6.07) is 17.6. The molecular formula is C18H18ClNO2S. The van der Waals surface area contributed by atoms with Gasteiger partial charge in [0.1, 0.15) is 0 Å². The zero-order valence-corrected chi connectivity index (χ0v) is 14.2. The van der Waals surface area contributed by atoms with E-state index in [1.807, 2.05) is 54.6 Å². The van der Waals surface area contributed by atoms with Crippen molar-refractivity contribution in [3.8, 4) is 0 Å². The first-order valence-electron chi connectivity index (χ1n) is 7.46. The smallest absolute Gasteiger partial charge is 0.173 e. The van der Waals surface area contributed by atoms with E-state index in [4.69, 9.17) is 11.6 Å². The Bertz CT molecular complexity index is 803. The fourth-order valence-electron chi connectivity index (χ4n) is 2.74. The summed E-state index contributed by atoms with van der Waals surface area (Å²) in [4.78, 5) is 2.15. The first-order valence-corrected chi connectivity index (χ1v) is 9.55. The number of halogens is 1. The summed E-state index contributed by atoms with van der Waals surface area (Å²) in [5, 5.41) is 2.03. The third-order valence-corrected chi connectivity index (χ3v) is 5.69. The summed E-state index contributed by atoms with van der Waals surface area (Å²) in [6.07, 6.45) is 1.77. The Morgan fingerprint density at radius 2 is 1.70 bits per heavy atom. The van der Waals surface area contributed by atoms with Gasteiger partial charge >= 0.3 is 0 Å². The van der Waals surface area contributed by atoms with Crippen LogP contribution in [0.1, 0.15) is 11.1 Å². The van der Waals surface area contributed by atoms with Gasteiger partial charge in [-0.05, 0) is 17.2 Å². The molecule has 1 aliphatic heterocycles. The van der Waals surface area contributed by atoms with E-state index in [0.717, 1.165) is 11.1 Å². The van der Waals surface area contributed by atoms with Crippen LogP contribution in [0.2, 0.25) is 5.02 Å². The molecule has 0 radical (unpaired) electrons. The third-order valence-electron chi connectivity index (χ3n) is 3.94. The Hall–Kier alpha value is -1.62. The Labute approximate surface area is 142 Å². The van der Waals surface area contributed by atoms with Crippen LogP contribution in [0.4, 0.5) is 0 Å². The van der Waals surface area contributed by atoms with Crippen LogP contribution in [0.25, 0.3) is 0 Å². The summed E-state index contributed by atoms with van der Waals surface area (Å²) < 4.78 is 23.6. The minimum atomic E-state index is -3.09. The van der Waals surface area contributed by atoms with Crippen LogP contribution in [-0.2, 0) is 22.9 Å². The molecule has 23 heavy (non-hydrogen) atoms. The van der Waals surface area contributed by atoms with Gasteiger partial charge in [-0.25, -0.2) is 8.42 Å². The summed E-state index contributed by atoms with van der Waals surface area (Å²) >= 11 is 6.27. The molecule has 1 heterocycles. The lowest BCUT2D eigenvalue weighted by molar-refractivity contribution is 0.226. The first kappa shape index (κ1) is 16.2. The van der Waals surface area contributed by atoms with Gasteiger partial charge in [0, 0.05) is 29.6 Å². The van der Waals surface area contributed by atoms with E-state index in [2.05, 4.69) is 4.90 Å².